The van der Waals surface area contributed by atoms with Crippen molar-refractivity contribution in [3.63, 3.8) is 0 Å². The van der Waals surface area contributed by atoms with Crippen molar-refractivity contribution in [1.82, 2.24) is 10.2 Å². The molecule has 2 atom stereocenters. The SMILES string of the molecule is Cl.Cl.NC[C@H]1CC[C@@H](C(=O)NCCN2CCSCC2)O1. The van der Waals surface area contributed by atoms with Crippen LogP contribution < -0.4 is 11.1 Å². The summed E-state index contributed by atoms with van der Waals surface area (Å²) in [6.07, 6.45) is 1.49. The highest BCUT2D eigenvalue weighted by atomic mass is 35.5. The van der Waals surface area contributed by atoms with E-state index >= 15 is 0 Å². The van der Waals surface area contributed by atoms with Gasteiger partial charge >= 0.3 is 0 Å². The Balaban J connectivity index is 0.00000180. The van der Waals surface area contributed by atoms with Gasteiger partial charge in [-0.15, -0.1) is 24.8 Å². The zero-order valence-corrected chi connectivity index (χ0v) is 14.0. The van der Waals surface area contributed by atoms with Crippen molar-refractivity contribution in [1.29, 1.82) is 0 Å². The summed E-state index contributed by atoms with van der Waals surface area (Å²) in [5.74, 6) is 2.44. The third-order valence-electron chi connectivity index (χ3n) is 3.49. The van der Waals surface area contributed by atoms with E-state index in [0.717, 1.165) is 39.0 Å². The molecular weight excluding hydrogens is 321 g/mol. The number of thioether (sulfide) groups is 1. The number of nitrogens with one attached hydrogen (secondary N) is 1. The summed E-state index contributed by atoms with van der Waals surface area (Å²) in [7, 11) is 0. The molecule has 0 bridgehead atoms. The van der Waals surface area contributed by atoms with Crippen LogP contribution in [0.15, 0.2) is 0 Å². The molecular formula is C12H25Cl2N3O2S. The van der Waals surface area contributed by atoms with Gasteiger partial charge in [-0.3, -0.25) is 9.69 Å². The Labute approximate surface area is 137 Å². The Hall–Kier alpha value is 0.280. The van der Waals surface area contributed by atoms with E-state index in [-0.39, 0.29) is 42.9 Å². The van der Waals surface area contributed by atoms with Gasteiger partial charge in [0, 0.05) is 44.2 Å². The molecule has 0 radical (unpaired) electrons. The highest BCUT2D eigenvalue weighted by Crippen LogP contribution is 2.18. The number of nitrogens with zero attached hydrogens (tertiary/aromatic N) is 1. The molecule has 0 aromatic heterocycles. The number of carbonyl (C=O) groups excluding carboxylic acids is 1. The quantitative estimate of drug-likeness (QED) is 0.759. The van der Waals surface area contributed by atoms with Gasteiger partial charge in [0.15, 0.2) is 0 Å². The summed E-state index contributed by atoms with van der Waals surface area (Å²) in [6, 6.07) is 0. The number of carbonyl (C=O) groups is 1. The minimum absolute atomic E-state index is 0. The second-order valence-electron chi connectivity index (χ2n) is 4.80. The van der Waals surface area contributed by atoms with Crippen molar-refractivity contribution in [2.75, 3.05) is 44.2 Å². The van der Waals surface area contributed by atoms with E-state index in [1.54, 1.807) is 0 Å². The summed E-state index contributed by atoms with van der Waals surface area (Å²) in [6.45, 7) is 4.44. The first-order valence-electron chi connectivity index (χ1n) is 6.73. The summed E-state index contributed by atoms with van der Waals surface area (Å²) in [5, 5.41) is 2.96. The molecule has 2 aliphatic heterocycles. The van der Waals surface area contributed by atoms with Gasteiger partial charge in [-0.2, -0.15) is 11.8 Å². The van der Waals surface area contributed by atoms with Crippen LogP contribution in [0, 0.1) is 0 Å². The van der Waals surface area contributed by atoms with Crippen LogP contribution >= 0.6 is 36.6 Å². The summed E-state index contributed by atoms with van der Waals surface area (Å²) >= 11 is 2.00. The van der Waals surface area contributed by atoms with Crippen molar-refractivity contribution >= 4 is 42.5 Å². The first-order chi connectivity index (χ1) is 8.79. The average molecular weight is 346 g/mol. The van der Waals surface area contributed by atoms with Crippen molar-refractivity contribution in [2.24, 2.45) is 5.73 Å². The van der Waals surface area contributed by atoms with Gasteiger partial charge in [0.2, 0.25) is 5.91 Å². The van der Waals surface area contributed by atoms with Gasteiger partial charge in [-0.1, -0.05) is 0 Å². The smallest absolute Gasteiger partial charge is 0.249 e. The largest absolute Gasteiger partial charge is 0.364 e. The molecule has 2 saturated heterocycles. The van der Waals surface area contributed by atoms with Gasteiger partial charge in [-0.25, -0.2) is 0 Å². The normalized spacial score (nSPS) is 26.4. The van der Waals surface area contributed by atoms with Gasteiger partial charge in [-0.05, 0) is 12.8 Å². The molecule has 120 valence electrons. The van der Waals surface area contributed by atoms with Crippen molar-refractivity contribution < 1.29 is 9.53 Å². The number of rotatable bonds is 5. The highest BCUT2D eigenvalue weighted by molar-refractivity contribution is 7.99. The van der Waals surface area contributed by atoms with Gasteiger partial charge in [0.05, 0.1) is 6.10 Å². The molecule has 2 rings (SSSR count). The number of hydrogen-bond acceptors (Lipinski definition) is 5. The molecule has 0 spiro atoms. The molecule has 8 heteroatoms. The Bertz CT molecular complexity index is 281. The summed E-state index contributed by atoms with van der Waals surface area (Å²) in [4.78, 5) is 14.2. The fourth-order valence-electron chi connectivity index (χ4n) is 2.35. The standard InChI is InChI=1S/C12H23N3O2S.2ClH/c13-9-10-1-2-11(17-10)12(16)14-3-4-15-5-7-18-8-6-15;;/h10-11H,1-9,13H2,(H,14,16);2*1H/t10-,11+;;/m1../s1. The zero-order valence-electron chi connectivity index (χ0n) is 11.6. The van der Waals surface area contributed by atoms with E-state index in [1.165, 1.54) is 11.5 Å². The molecule has 0 saturated carbocycles. The van der Waals surface area contributed by atoms with Crippen LogP contribution in [0.3, 0.4) is 0 Å². The van der Waals surface area contributed by atoms with Gasteiger partial charge in [0.1, 0.15) is 6.10 Å². The molecule has 1 amide bonds. The molecule has 2 fully saturated rings. The predicted molar refractivity (Wildman–Crippen MR) is 88.2 cm³/mol. The minimum atomic E-state index is -0.282. The van der Waals surface area contributed by atoms with Gasteiger partial charge < -0.3 is 15.8 Å². The zero-order chi connectivity index (χ0) is 12.8. The maximum atomic E-state index is 11.8. The molecule has 2 aliphatic rings. The minimum Gasteiger partial charge on any atom is -0.364 e. The van der Waals surface area contributed by atoms with Crippen LogP contribution in [0.25, 0.3) is 0 Å². The van der Waals surface area contributed by atoms with Gasteiger partial charge in [0.25, 0.3) is 0 Å². The number of nitrogens with two attached hydrogens (primary N) is 1. The second-order valence-corrected chi connectivity index (χ2v) is 6.03. The van der Waals surface area contributed by atoms with Crippen molar-refractivity contribution in [3.05, 3.63) is 0 Å². The maximum Gasteiger partial charge on any atom is 0.249 e. The van der Waals surface area contributed by atoms with Crippen molar-refractivity contribution in [3.8, 4) is 0 Å². The van der Waals surface area contributed by atoms with E-state index in [0.29, 0.717) is 6.54 Å². The number of hydrogen-bond donors (Lipinski definition) is 2. The third kappa shape index (κ3) is 6.37. The van der Waals surface area contributed by atoms with E-state index in [1.807, 2.05) is 11.8 Å². The first kappa shape index (κ1) is 20.3. The monoisotopic (exact) mass is 345 g/mol. The predicted octanol–water partition coefficient (Wildman–Crippen LogP) is 0.501. The topological polar surface area (TPSA) is 67.6 Å². The first-order valence-corrected chi connectivity index (χ1v) is 7.88. The third-order valence-corrected chi connectivity index (χ3v) is 4.44. The van der Waals surface area contributed by atoms with E-state index in [9.17, 15) is 4.79 Å². The van der Waals surface area contributed by atoms with Crippen molar-refractivity contribution in [2.45, 2.75) is 25.0 Å². The summed E-state index contributed by atoms with van der Waals surface area (Å²) < 4.78 is 5.56. The van der Waals surface area contributed by atoms with E-state index < -0.39 is 0 Å². The molecule has 5 nitrogen and oxygen atoms in total. The lowest BCUT2D eigenvalue weighted by molar-refractivity contribution is -0.131. The van der Waals surface area contributed by atoms with Crippen LogP contribution in [0.4, 0.5) is 0 Å². The summed E-state index contributed by atoms with van der Waals surface area (Å²) in [5.41, 5.74) is 5.53. The maximum absolute atomic E-state index is 11.8. The molecule has 0 aromatic carbocycles. The van der Waals surface area contributed by atoms with E-state index in [2.05, 4.69) is 10.2 Å². The Kier molecular flexibility index (Phi) is 11.1. The molecule has 0 aliphatic carbocycles. The molecule has 3 N–H and O–H groups in total. The highest BCUT2D eigenvalue weighted by Gasteiger charge is 2.29. The van der Waals surface area contributed by atoms with E-state index in [4.69, 9.17) is 10.5 Å². The van der Waals surface area contributed by atoms with Crippen LogP contribution in [-0.2, 0) is 9.53 Å². The second kappa shape index (κ2) is 10.9. The fourth-order valence-corrected chi connectivity index (χ4v) is 3.33. The lowest BCUT2D eigenvalue weighted by Crippen LogP contribution is -2.42. The lowest BCUT2D eigenvalue weighted by Gasteiger charge is -2.26. The van der Waals surface area contributed by atoms with Crippen LogP contribution in [0.5, 0.6) is 0 Å². The Morgan fingerprint density at radius 3 is 2.60 bits per heavy atom. The Morgan fingerprint density at radius 2 is 2.00 bits per heavy atom. The van der Waals surface area contributed by atoms with Crippen LogP contribution in [0.2, 0.25) is 0 Å². The molecule has 2 heterocycles. The Morgan fingerprint density at radius 1 is 1.30 bits per heavy atom. The number of amides is 1. The fraction of sp³-hybridized carbons (Fsp3) is 0.917. The molecule has 0 unspecified atom stereocenters. The molecule has 0 aromatic rings. The number of ether oxygens (including phenoxy) is 1. The average Bonchev–Trinajstić information content (AvgIpc) is 2.89. The number of halogens is 2. The molecule has 20 heavy (non-hydrogen) atoms. The van der Waals surface area contributed by atoms with Crippen LogP contribution in [0.1, 0.15) is 12.8 Å². The lowest BCUT2D eigenvalue weighted by atomic mass is 10.2. The van der Waals surface area contributed by atoms with Crippen LogP contribution in [-0.4, -0.2) is 67.2 Å².